The molecule has 2 aliphatic rings. The van der Waals surface area contributed by atoms with E-state index in [9.17, 15) is 9.18 Å². The Morgan fingerprint density at radius 1 is 0.964 bits per heavy atom. The second kappa shape index (κ2) is 8.59. The number of halogens is 1. The summed E-state index contributed by atoms with van der Waals surface area (Å²) >= 11 is 0. The van der Waals surface area contributed by atoms with Gasteiger partial charge in [0, 0.05) is 44.1 Å². The number of benzene rings is 1. The minimum absolute atomic E-state index is 0.0236. The van der Waals surface area contributed by atoms with Crippen LogP contribution < -0.4 is 10.2 Å². The van der Waals surface area contributed by atoms with Gasteiger partial charge in [0.05, 0.1) is 5.56 Å². The van der Waals surface area contributed by atoms with Crippen LogP contribution in [0.2, 0.25) is 0 Å². The maximum absolute atomic E-state index is 13.1. The fourth-order valence-corrected chi connectivity index (χ4v) is 4.06. The van der Waals surface area contributed by atoms with Crippen molar-refractivity contribution in [1.82, 2.24) is 9.88 Å². The first-order valence-electron chi connectivity index (χ1n) is 10.2. The van der Waals surface area contributed by atoms with Crippen molar-refractivity contribution in [3.63, 3.8) is 0 Å². The molecular weight excluding hydrogens is 355 g/mol. The van der Waals surface area contributed by atoms with Crippen LogP contribution in [-0.4, -0.2) is 48.0 Å². The summed E-state index contributed by atoms with van der Waals surface area (Å²) in [7, 11) is 0. The molecule has 28 heavy (non-hydrogen) atoms. The van der Waals surface area contributed by atoms with Crippen LogP contribution in [0, 0.1) is 5.82 Å². The van der Waals surface area contributed by atoms with E-state index in [1.807, 2.05) is 17.0 Å². The molecule has 148 valence electrons. The molecule has 1 aliphatic carbocycles. The molecular formula is C22H27FN4O. The van der Waals surface area contributed by atoms with Crippen molar-refractivity contribution < 1.29 is 9.18 Å². The van der Waals surface area contributed by atoms with Crippen molar-refractivity contribution in [3.8, 4) is 0 Å². The van der Waals surface area contributed by atoms with E-state index in [4.69, 9.17) is 0 Å². The van der Waals surface area contributed by atoms with Gasteiger partial charge in [0.25, 0.3) is 5.91 Å². The first-order valence-corrected chi connectivity index (χ1v) is 10.2. The van der Waals surface area contributed by atoms with Crippen LogP contribution in [0.25, 0.3) is 0 Å². The molecule has 6 heteroatoms. The van der Waals surface area contributed by atoms with Gasteiger partial charge < -0.3 is 15.1 Å². The zero-order chi connectivity index (χ0) is 19.3. The predicted molar refractivity (Wildman–Crippen MR) is 109 cm³/mol. The van der Waals surface area contributed by atoms with Gasteiger partial charge in [-0.2, -0.15) is 0 Å². The van der Waals surface area contributed by atoms with Gasteiger partial charge in [0.2, 0.25) is 0 Å². The lowest BCUT2D eigenvalue weighted by Crippen LogP contribution is -2.48. The first-order chi connectivity index (χ1) is 13.7. The Kier molecular flexibility index (Phi) is 5.74. The summed E-state index contributed by atoms with van der Waals surface area (Å²) in [5.74, 6) is 0.645. The fourth-order valence-electron chi connectivity index (χ4n) is 4.06. The Bertz CT molecular complexity index is 779. The number of aromatic nitrogens is 1. The highest BCUT2D eigenvalue weighted by Gasteiger charge is 2.23. The van der Waals surface area contributed by atoms with Gasteiger partial charge in [0.15, 0.2) is 0 Å². The average Bonchev–Trinajstić information content (AvgIpc) is 2.75. The van der Waals surface area contributed by atoms with Crippen molar-refractivity contribution in [2.45, 2.75) is 38.1 Å². The van der Waals surface area contributed by atoms with Crippen molar-refractivity contribution >= 4 is 17.4 Å². The fraction of sp³-hybridized carbons (Fsp3) is 0.455. The Morgan fingerprint density at radius 2 is 1.68 bits per heavy atom. The number of nitrogens with zero attached hydrogens (tertiary/aromatic N) is 3. The van der Waals surface area contributed by atoms with Gasteiger partial charge in [-0.3, -0.25) is 4.79 Å². The number of carbonyl (C=O) groups is 1. The van der Waals surface area contributed by atoms with Crippen molar-refractivity contribution in [2.24, 2.45) is 0 Å². The maximum Gasteiger partial charge on any atom is 0.255 e. The number of anilines is 2. The lowest BCUT2D eigenvalue weighted by Gasteiger charge is -2.36. The van der Waals surface area contributed by atoms with Crippen LogP contribution in [0.1, 0.15) is 42.5 Å². The number of amides is 1. The van der Waals surface area contributed by atoms with E-state index in [0.29, 0.717) is 24.7 Å². The number of hydrogen-bond acceptors (Lipinski definition) is 4. The molecule has 0 spiro atoms. The lowest BCUT2D eigenvalue weighted by atomic mass is 9.95. The van der Waals surface area contributed by atoms with Gasteiger partial charge in [-0.25, -0.2) is 9.37 Å². The molecule has 4 rings (SSSR count). The highest BCUT2D eigenvalue weighted by atomic mass is 19.1. The van der Waals surface area contributed by atoms with E-state index in [-0.39, 0.29) is 11.7 Å². The number of carbonyl (C=O) groups excluding carboxylic acids is 1. The molecule has 1 N–H and O–H groups in total. The molecule has 1 saturated carbocycles. The van der Waals surface area contributed by atoms with Gasteiger partial charge in [-0.1, -0.05) is 19.3 Å². The van der Waals surface area contributed by atoms with Gasteiger partial charge in [0.1, 0.15) is 11.6 Å². The summed E-state index contributed by atoms with van der Waals surface area (Å²) in [6.45, 7) is 2.79. The summed E-state index contributed by atoms with van der Waals surface area (Å²) in [6.07, 6.45) is 7.95. The van der Waals surface area contributed by atoms with E-state index < -0.39 is 0 Å². The highest BCUT2D eigenvalue weighted by Crippen LogP contribution is 2.21. The molecule has 5 nitrogen and oxygen atoms in total. The molecule has 1 amide bonds. The molecule has 2 fully saturated rings. The number of piperazine rings is 1. The monoisotopic (exact) mass is 382 g/mol. The first kappa shape index (κ1) is 18.7. The number of pyridine rings is 1. The van der Waals surface area contributed by atoms with Crippen molar-refractivity contribution in [2.75, 3.05) is 36.4 Å². The van der Waals surface area contributed by atoms with Crippen LogP contribution in [-0.2, 0) is 0 Å². The smallest absolute Gasteiger partial charge is 0.255 e. The Hall–Kier alpha value is -2.63. The number of hydrogen-bond donors (Lipinski definition) is 1. The van der Waals surface area contributed by atoms with Crippen LogP contribution in [0.3, 0.4) is 0 Å². The molecule has 1 aromatic carbocycles. The van der Waals surface area contributed by atoms with Crippen LogP contribution in [0.15, 0.2) is 42.6 Å². The number of rotatable bonds is 4. The van der Waals surface area contributed by atoms with Gasteiger partial charge >= 0.3 is 0 Å². The highest BCUT2D eigenvalue weighted by molar-refractivity contribution is 5.94. The second-order valence-corrected chi connectivity index (χ2v) is 7.67. The molecule has 2 heterocycles. The zero-order valence-electron chi connectivity index (χ0n) is 16.1. The summed E-state index contributed by atoms with van der Waals surface area (Å²) in [4.78, 5) is 21.3. The molecule has 0 unspecified atom stereocenters. The molecule has 0 atom stereocenters. The summed E-state index contributed by atoms with van der Waals surface area (Å²) in [5, 5.41) is 3.49. The van der Waals surface area contributed by atoms with Crippen molar-refractivity contribution in [1.29, 1.82) is 0 Å². The molecule has 0 radical (unpaired) electrons. The topological polar surface area (TPSA) is 48.5 Å². The Balaban J connectivity index is 1.31. The number of nitrogens with one attached hydrogen (secondary N) is 1. The van der Waals surface area contributed by atoms with E-state index in [0.717, 1.165) is 24.6 Å². The van der Waals surface area contributed by atoms with E-state index in [1.54, 1.807) is 18.3 Å². The molecule has 1 aliphatic heterocycles. The molecule has 1 aromatic heterocycles. The normalized spacial score (nSPS) is 18.2. The third-order valence-corrected chi connectivity index (χ3v) is 5.73. The maximum atomic E-state index is 13.1. The van der Waals surface area contributed by atoms with Gasteiger partial charge in [-0.05, 0) is 49.2 Å². The van der Waals surface area contributed by atoms with Crippen LogP contribution in [0.4, 0.5) is 15.9 Å². The van der Waals surface area contributed by atoms with E-state index >= 15 is 0 Å². The average molecular weight is 382 g/mol. The minimum atomic E-state index is -0.230. The minimum Gasteiger partial charge on any atom is -0.368 e. The van der Waals surface area contributed by atoms with Gasteiger partial charge in [-0.15, -0.1) is 0 Å². The molecule has 2 aromatic rings. The molecule has 0 bridgehead atoms. The van der Waals surface area contributed by atoms with Crippen molar-refractivity contribution in [3.05, 3.63) is 54.0 Å². The predicted octanol–water partition coefficient (Wildman–Crippen LogP) is 3.93. The molecule has 1 saturated heterocycles. The zero-order valence-corrected chi connectivity index (χ0v) is 16.1. The standard InChI is InChI=1S/C22H27FN4O/c23-18-7-9-20(10-8-18)26-12-14-27(15-13-26)22(28)17-6-11-21(24-16-17)25-19-4-2-1-3-5-19/h6-11,16,19H,1-5,12-15H2,(H,24,25). The quantitative estimate of drug-likeness (QED) is 0.871. The van der Waals surface area contributed by atoms with E-state index in [2.05, 4.69) is 15.2 Å². The third kappa shape index (κ3) is 4.43. The van der Waals surface area contributed by atoms with Crippen LogP contribution >= 0.6 is 0 Å². The lowest BCUT2D eigenvalue weighted by molar-refractivity contribution is 0.0746. The largest absolute Gasteiger partial charge is 0.368 e. The van der Waals surface area contributed by atoms with Crippen LogP contribution in [0.5, 0.6) is 0 Å². The Morgan fingerprint density at radius 3 is 2.32 bits per heavy atom. The SMILES string of the molecule is O=C(c1ccc(NC2CCCCC2)nc1)N1CCN(c2ccc(F)cc2)CC1. The summed E-state index contributed by atoms with van der Waals surface area (Å²) in [5.41, 5.74) is 1.62. The summed E-state index contributed by atoms with van der Waals surface area (Å²) in [6, 6.07) is 10.8. The van der Waals surface area contributed by atoms with E-state index in [1.165, 1.54) is 44.2 Å². The second-order valence-electron chi connectivity index (χ2n) is 7.67. The third-order valence-electron chi connectivity index (χ3n) is 5.73. The Labute approximate surface area is 165 Å². The summed E-state index contributed by atoms with van der Waals surface area (Å²) < 4.78 is 13.1.